The predicted molar refractivity (Wildman–Crippen MR) is 131 cm³/mol. The van der Waals surface area contributed by atoms with Gasteiger partial charge < -0.3 is 10.2 Å². The number of carboxylic acids is 2. The van der Waals surface area contributed by atoms with E-state index in [1.165, 1.54) is 38.5 Å². The van der Waals surface area contributed by atoms with Gasteiger partial charge in [-0.25, -0.2) is 0 Å². The summed E-state index contributed by atoms with van der Waals surface area (Å²) in [4.78, 5) is 25.2. The molecule has 4 heteroatoms. The van der Waals surface area contributed by atoms with Crippen molar-refractivity contribution in [2.75, 3.05) is 0 Å². The fraction of sp³-hybridized carbons (Fsp3) is 0.933. The number of carbonyl (C=O) groups is 2. The quantitative estimate of drug-likeness (QED) is 0.375. The molecule has 190 valence electrons. The number of aliphatic carboxylic acids is 2. The van der Waals surface area contributed by atoms with Gasteiger partial charge in [0.05, 0.1) is 11.8 Å². The molecule has 8 bridgehead atoms. The zero-order valence-electron chi connectivity index (χ0n) is 21.5. The number of carboxylic acid groups (broad SMARTS) is 2. The Morgan fingerprint density at radius 3 is 1.24 bits per heavy atom. The zero-order chi connectivity index (χ0) is 23.9. The van der Waals surface area contributed by atoms with Crippen molar-refractivity contribution >= 4 is 11.9 Å². The summed E-state index contributed by atoms with van der Waals surface area (Å²) >= 11 is 0. The van der Waals surface area contributed by atoms with Crippen molar-refractivity contribution in [3.05, 3.63) is 0 Å². The standard InChI is InChI=1S/C30H46O4/c1-3-5-23(25(31)32)27-9-19-7-20(10-27)14-29(13-19,17-27)30-15-21-8-22(16-30)12-28(11-21,18-30)24(6-4-2)26(33)34/h19-24H,3-18H2,1-2H3,(H,31,32)(H,33,34). The highest BCUT2D eigenvalue weighted by molar-refractivity contribution is 5.72. The highest BCUT2D eigenvalue weighted by atomic mass is 16.4. The Morgan fingerprint density at radius 2 is 0.971 bits per heavy atom. The summed E-state index contributed by atoms with van der Waals surface area (Å²) in [6.07, 6.45) is 18.3. The Balaban J connectivity index is 1.41. The maximum Gasteiger partial charge on any atom is 0.307 e. The van der Waals surface area contributed by atoms with Crippen molar-refractivity contribution in [1.82, 2.24) is 0 Å². The summed E-state index contributed by atoms with van der Waals surface area (Å²) in [6.45, 7) is 4.30. The van der Waals surface area contributed by atoms with Gasteiger partial charge >= 0.3 is 11.9 Å². The van der Waals surface area contributed by atoms with Gasteiger partial charge in [0.2, 0.25) is 0 Å². The lowest BCUT2D eigenvalue weighted by Gasteiger charge is -2.75. The molecule has 8 saturated carbocycles. The maximum absolute atomic E-state index is 12.6. The van der Waals surface area contributed by atoms with Crippen LogP contribution in [0.1, 0.15) is 117 Å². The van der Waals surface area contributed by atoms with Crippen LogP contribution in [0.5, 0.6) is 0 Å². The zero-order valence-corrected chi connectivity index (χ0v) is 21.5. The smallest absolute Gasteiger partial charge is 0.307 e. The van der Waals surface area contributed by atoms with Crippen molar-refractivity contribution in [1.29, 1.82) is 0 Å². The van der Waals surface area contributed by atoms with Gasteiger partial charge in [-0.2, -0.15) is 0 Å². The first-order valence-electron chi connectivity index (χ1n) is 14.6. The lowest BCUT2D eigenvalue weighted by molar-refractivity contribution is -0.254. The van der Waals surface area contributed by atoms with Crippen LogP contribution < -0.4 is 0 Å². The molecule has 0 aromatic heterocycles. The molecule has 8 fully saturated rings. The van der Waals surface area contributed by atoms with Crippen LogP contribution >= 0.6 is 0 Å². The Morgan fingerprint density at radius 1 is 0.647 bits per heavy atom. The van der Waals surface area contributed by atoms with Gasteiger partial charge in [0.1, 0.15) is 0 Å². The lowest BCUT2D eigenvalue weighted by Crippen LogP contribution is -2.66. The molecule has 34 heavy (non-hydrogen) atoms. The SMILES string of the molecule is CCCC(C(=O)O)C12CC3CC(C1)CC(C14CC5CC(CC(C(CCC)C(=O)O)(C5)C1)C4)(C3)C2. The summed E-state index contributed by atoms with van der Waals surface area (Å²) in [5.74, 6) is 1.36. The van der Waals surface area contributed by atoms with Crippen LogP contribution in [-0.4, -0.2) is 22.2 Å². The van der Waals surface area contributed by atoms with Crippen LogP contribution in [0.15, 0.2) is 0 Å². The molecule has 0 saturated heterocycles. The van der Waals surface area contributed by atoms with E-state index in [-0.39, 0.29) is 33.5 Å². The molecule has 0 amide bonds. The van der Waals surface area contributed by atoms with E-state index in [1.54, 1.807) is 0 Å². The van der Waals surface area contributed by atoms with Crippen molar-refractivity contribution in [2.45, 2.75) is 117 Å². The molecule has 2 N–H and O–H groups in total. The minimum Gasteiger partial charge on any atom is -0.481 e. The van der Waals surface area contributed by atoms with Crippen LogP contribution in [-0.2, 0) is 9.59 Å². The van der Waals surface area contributed by atoms with E-state index >= 15 is 0 Å². The highest BCUT2D eigenvalue weighted by Gasteiger charge is 2.71. The van der Waals surface area contributed by atoms with Crippen LogP contribution in [0.25, 0.3) is 0 Å². The van der Waals surface area contributed by atoms with Gasteiger partial charge in [0, 0.05) is 0 Å². The molecule has 8 rings (SSSR count). The van der Waals surface area contributed by atoms with Gasteiger partial charge in [0.25, 0.3) is 0 Å². The highest BCUT2D eigenvalue weighted by Crippen LogP contribution is 2.80. The summed E-state index contributed by atoms with van der Waals surface area (Å²) in [7, 11) is 0. The van der Waals surface area contributed by atoms with Crippen molar-refractivity contribution in [2.24, 2.45) is 57.2 Å². The molecule has 8 aliphatic rings. The third-order valence-electron chi connectivity index (χ3n) is 12.6. The van der Waals surface area contributed by atoms with E-state index in [0.29, 0.717) is 23.7 Å². The molecule has 0 aromatic carbocycles. The van der Waals surface area contributed by atoms with E-state index in [4.69, 9.17) is 0 Å². The summed E-state index contributed by atoms with van der Waals surface area (Å²) in [6, 6.07) is 0. The van der Waals surface area contributed by atoms with E-state index in [0.717, 1.165) is 64.2 Å². The number of rotatable bonds is 9. The van der Waals surface area contributed by atoms with Crippen LogP contribution in [0.3, 0.4) is 0 Å². The first kappa shape index (κ1) is 23.3. The molecule has 6 unspecified atom stereocenters. The van der Waals surface area contributed by atoms with Crippen LogP contribution in [0.2, 0.25) is 0 Å². The lowest BCUT2D eigenvalue weighted by atomic mass is 9.30. The fourth-order valence-corrected chi connectivity index (χ4v) is 12.7. The average molecular weight is 471 g/mol. The Hall–Kier alpha value is -1.06. The van der Waals surface area contributed by atoms with Gasteiger partial charge in [-0.05, 0) is 135 Å². The first-order chi connectivity index (χ1) is 16.2. The summed E-state index contributed by atoms with van der Waals surface area (Å²) in [5, 5.41) is 20.7. The van der Waals surface area contributed by atoms with Crippen molar-refractivity contribution in [3.8, 4) is 0 Å². The van der Waals surface area contributed by atoms with Crippen LogP contribution in [0, 0.1) is 57.2 Å². The second kappa shape index (κ2) is 7.72. The Labute approximate surface area is 205 Å². The molecule has 0 aromatic rings. The van der Waals surface area contributed by atoms with Crippen molar-refractivity contribution < 1.29 is 19.8 Å². The van der Waals surface area contributed by atoms with Gasteiger partial charge in [0.15, 0.2) is 0 Å². The van der Waals surface area contributed by atoms with E-state index in [2.05, 4.69) is 13.8 Å². The van der Waals surface area contributed by atoms with Crippen LogP contribution in [0.4, 0.5) is 0 Å². The Kier molecular flexibility index (Phi) is 5.30. The van der Waals surface area contributed by atoms with Crippen molar-refractivity contribution in [3.63, 3.8) is 0 Å². The van der Waals surface area contributed by atoms with E-state index < -0.39 is 11.9 Å². The second-order valence-electron chi connectivity index (χ2n) is 14.6. The molecule has 0 aliphatic heterocycles. The van der Waals surface area contributed by atoms with Gasteiger partial charge in [-0.3, -0.25) is 9.59 Å². The maximum atomic E-state index is 12.6. The third kappa shape index (κ3) is 3.14. The Bertz CT molecular complexity index is 762. The summed E-state index contributed by atoms with van der Waals surface area (Å²) < 4.78 is 0. The molecule has 0 radical (unpaired) electrons. The first-order valence-corrected chi connectivity index (χ1v) is 14.6. The third-order valence-corrected chi connectivity index (χ3v) is 12.6. The second-order valence-corrected chi connectivity index (χ2v) is 14.6. The predicted octanol–water partition coefficient (Wildman–Crippen LogP) is 7.16. The molecule has 4 nitrogen and oxygen atoms in total. The average Bonchev–Trinajstić information content (AvgIpc) is 2.73. The molecular weight excluding hydrogens is 424 g/mol. The largest absolute Gasteiger partial charge is 0.481 e. The summed E-state index contributed by atoms with van der Waals surface area (Å²) in [5.41, 5.74) is 0.545. The van der Waals surface area contributed by atoms with E-state index in [9.17, 15) is 19.8 Å². The molecule has 6 atom stereocenters. The van der Waals surface area contributed by atoms with Gasteiger partial charge in [-0.15, -0.1) is 0 Å². The molecule has 0 heterocycles. The minimum absolute atomic E-state index is 0.00195. The monoisotopic (exact) mass is 470 g/mol. The van der Waals surface area contributed by atoms with Gasteiger partial charge in [-0.1, -0.05) is 26.7 Å². The molecule has 8 aliphatic carbocycles. The normalized spacial score (nSPS) is 49.8. The molecule has 0 spiro atoms. The van der Waals surface area contributed by atoms with E-state index in [1.807, 2.05) is 0 Å². The fourth-order valence-electron chi connectivity index (χ4n) is 12.7. The minimum atomic E-state index is -0.546. The topological polar surface area (TPSA) is 74.6 Å². The number of hydrogen-bond donors (Lipinski definition) is 2. The number of hydrogen-bond acceptors (Lipinski definition) is 2. The molecular formula is C30H46O4.